The molecule has 0 radical (unpaired) electrons. The summed E-state index contributed by atoms with van der Waals surface area (Å²) in [4.78, 5) is 14.3. The van der Waals surface area contributed by atoms with Crippen molar-refractivity contribution in [3.63, 3.8) is 0 Å². The molecular formula is C13H14N2O4. The number of nitro groups is 1. The van der Waals surface area contributed by atoms with Gasteiger partial charge in [-0.05, 0) is 24.5 Å². The van der Waals surface area contributed by atoms with Crippen LogP contribution in [0.5, 0.6) is 0 Å². The fourth-order valence-corrected chi connectivity index (χ4v) is 2.61. The van der Waals surface area contributed by atoms with Crippen LogP contribution in [0, 0.1) is 10.1 Å². The first-order valence-corrected chi connectivity index (χ1v) is 6.17. The zero-order chi connectivity index (χ0) is 13.6. The van der Waals surface area contributed by atoms with E-state index in [2.05, 4.69) is 11.6 Å². The van der Waals surface area contributed by atoms with Gasteiger partial charge in [0.15, 0.2) is 0 Å². The number of hydrogen-bond donors (Lipinski definition) is 1. The summed E-state index contributed by atoms with van der Waals surface area (Å²) in [5, 5.41) is 21.1. The van der Waals surface area contributed by atoms with Crippen LogP contribution in [-0.2, 0) is 4.74 Å². The molecule has 2 aliphatic rings. The third kappa shape index (κ3) is 1.93. The van der Waals surface area contributed by atoms with Crippen molar-refractivity contribution in [2.45, 2.75) is 37.1 Å². The van der Waals surface area contributed by atoms with Crippen molar-refractivity contribution in [3.05, 3.63) is 46.3 Å². The highest BCUT2D eigenvalue weighted by molar-refractivity contribution is 5.40. The summed E-state index contributed by atoms with van der Waals surface area (Å²) in [7, 11) is 0. The molecule has 0 aromatic carbocycles. The van der Waals surface area contributed by atoms with Crippen LogP contribution >= 0.6 is 0 Å². The normalized spacial score (nSPS) is 28.4. The van der Waals surface area contributed by atoms with E-state index in [1.54, 1.807) is 6.07 Å². The van der Waals surface area contributed by atoms with Gasteiger partial charge in [0.1, 0.15) is 6.20 Å². The molecular weight excluding hydrogens is 248 g/mol. The van der Waals surface area contributed by atoms with Gasteiger partial charge in [-0.25, -0.2) is 0 Å². The third-order valence-corrected chi connectivity index (χ3v) is 3.87. The Balaban J connectivity index is 1.95. The third-order valence-electron chi connectivity index (χ3n) is 3.87. The smallest absolute Gasteiger partial charge is 0.293 e. The molecule has 100 valence electrons. The van der Waals surface area contributed by atoms with Crippen molar-refractivity contribution >= 4 is 5.69 Å². The number of aliphatic hydroxyl groups excluding tert-OH is 1. The number of rotatable bonds is 2. The van der Waals surface area contributed by atoms with Gasteiger partial charge in [0, 0.05) is 12.6 Å². The highest BCUT2D eigenvalue weighted by Crippen LogP contribution is 2.54. The number of aromatic nitrogens is 1. The molecule has 0 bridgehead atoms. The summed E-state index contributed by atoms with van der Waals surface area (Å²) < 4.78 is 5.95. The van der Waals surface area contributed by atoms with E-state index in [1.165, 1.54) is 12.4 Å². The van der Waals surface area contributed by atoms with Crippen LogP contribution in [0.25, 0.3) is 0 Å². The second kappa shape index (κ2) is 4.11. The maximum atomic E-state index is 11.0. The largest absolute Gasteiger partial charge is 0.389 e. The Morgan fingerprint density at radius 2 is 2.32 bits per heavy atom. The summed E-state index contributed by atoms with van der Waals surface area (Å²) in [6.45, 7) is 3.87. The van der Waals surface area contributed by atoms with E-state index in [1.807, 2.05) is 0 Å². The zero-order valence-electron chi connectivity index (χ0n) is 10.3. The highest BCUT2D eigenvalue weighted by Gasteiger charge is 2.54. The molecule has 1 aromatic rings. The second-order valence-corrected chi connectivity index (χ2v) is 5.07. The fraction of sp³-hybridized carbons (Fsp3) is 0.462. The molecule has 6 nitrogen and oxygen atoms in total. The van der Waals surface area contributed by atoms with Crippen molar-refractivity contribution in [3.8, 4) is 0 Å². The Kier molecular flexibility index (Phi) is 2.65. The minimum Gasteiger partial charge on any atom is -0.389 e. The lowest BCUT2D eigenvalue weighted by Crippen LogP contribution is -2.35. The molecule has 6 heteroatoms. The first kappa shape index (κ1) is 12.3. The minimum absolute atomic E-state index is 0.0667. The molecule has 1 aliphatic carbocycles. The maximum absolute atomic E-state index is 11.0. The van der Waals surface area contributed by atoms with Crippen LogP contribution in [0.2, 0.25) is 0 Å². The van der Waals surface area contributed by atoms with Crippen LogP contribution in [0.3, 0.4) is 0 Å². The second-order valence-electron chi connectivity index (χ2n) is 5.07. The van der Waals surface area contributed by atoms with Crippen molar-refractivity contribution < 1.29 is 14.8 Å². The maximum Gasteiger partial charge on any atom is 0.293 e. The van der Waals surface area contributed by atoms with Gasteiger partial charge >= 0.3 is 0 Å². The molecule has 2 heterocycles. The monoisotopic (exact) mass is 262 g/mol. The van der Waals surface area contributed by atoms with Gasteiger partial charge in [-0.1, -0.05) is 6.58 Å². The van der Waals surface area contributed by atoms with E-state index in [4.69, 9.17) is 4.74 Å². The summed E-state index contributed by atoms with van der Waals surface area (Å²) in [6.07, 6.45) is 3.50. The Bertz CT molecular complexity index is 553. The van der Waals surface area contributed by atoms with Crippen LogP contribution in [0.4, 0.5) is 5.69 Å². The predicted octanol–water partition coefficient (Wildman–Crippen LogP) is 1.90. The van der Waals surface area contributed by atoms with Gasteiger partial charge in [0.05, 0.1) is 28.3 Å². The number of nitrogens with zero attached hydrogens (tertiary/aromatic N) is 2. The first-order chi connectivity index (χ1) is 9.03. The number of hydrogen-bond acceptors (Lipinski definition) is 5. The summed E-state index contributed by atoms with van der Waals surface area (Å²) >= 11 is 0. The van der Waals surface area contributed by atoms with E-state index in [-0.39, 0.29) is 5.69 Å². The molecule has 2 atom stereocenters. The van der Waals surface area contributed by atoms with Crippen LogP contribution in [0.1, 0.15) is 30.9 Å². The Hall–Kier alpha value is -1.79. The Morgan fingerprint density at radius 3 is 2.95 bits per heavy atom. The van der Waals surface area contributed by atoms with Gasteiger partial charge in [-0.3, -0.25) is 15.1 Å². The fourth-order valence-electron chi connectivity index (χ4n) is 2.61. The van der Waals surface area contributed by atoms with Gasteiger partial charge in [0.25, 0.3) is 5.69 Å². The molecule has 2 fully saturated rings. The van der Waals surface area contributed by atoms with Gasteiger partial charge < -0.3 is 9.84 Å². The van der Waals surface area contributed by atoms with E-state index in [9.17, 15) is 15.2 Å². The number of aliphatic hydroxyl groups is 1. The molecule has 1 N–H and O–H groups in total. The van der Waals surface area contributed by atoms with Gasteiger partial charge in [-0.2, -0.15) is 0 Å². The van der Waals surface area contributed by atoms with Crippen molar-refractivity contribution in [1.82, 2.24) is 4.98 Å². The van der Waals surface area contributed by atoms with Crippen LogP contribution in [-0.4, -0.2) is 26.7 Å². The van der Waals surface area contributed by atoms with Gasteiger partial charge in [0.2, 0.25) is 0 Å². The lowest BCUT2D eigenvalue weighted by Gasteiger charge is -2.35. The van der Waals surface area contributed by atoms with Crippen LogP contribution < -0.4 is 0 Å². The standard InChI is InChI=1S/C13H14N2O4/c1-8-11(16)6-12(19-13(8)3-4-13)9-2-5-14-7-10(9)15(17)18/h2,5,7,11-12,16H,1,3-4,6H2/t11-,12-/m0/s1. The van der Waals surface area contributed by atoms with Gasteiger partial charge in [-0.15, -0.1) is 0 Å². The highest BCUT2D eigenvalue weighted by atomic mass is 16.6. The molecule has 0 amide bonds. The number of pyridine rings is 1. The lowest BCUT2D eigenvalue weighted by molar-refractivity contribution is -0.386. The molecule has 1 aliphatic heterocycles. The predicted molar refractivity (Wildman–Crippen MR) is 66.4 cm³/mol. The molecule has 19 heavy (non-hydrogen) atoms. The van der Waals surface area contributed by atoms with Crippen LogP contribution in [0.15, 0.2) is 30.6 Å². The zero-order valence-corrected chi connectivity index (χ0v) is 10.3. The summed E-state index contributed by atoms with van der Waals surface area (Å²) in [5.41, 5.74) is 0.626. The summed E-state index contributed by atoms with van der Waals surface area (Å²) in [5.74, 6) is 0. The van der Waals surface area contributed by atoms with E-state index in [0.717, 1.165) is 12.8 Å². The molecule has 1 saturated carbocycles. The average molecular weight is 262 g/mol. The number of ether oxygens (including phenoxy) is 1. The summed E-state index contributed by atoms with van der Waals surface area (Å²) in [6, 6.07) is 1.58. The average Bonchev–Trinajstić information content (AvgIpc) is 3.16. The lowest BCUT2D eigenvalue weighted by atomic mass is 9.91. The van der Waals surface area contributed by atoms with E-state index >= 15 is 0 Å². The Labute approximate surface area is 109 Å². The minimum atomic E-state index is -0.672. The first-order valence-electron chi connectivity index (χ1n) is 6.17. The van der Waals surface area contributed by atoms with Crippen molar-refractivity contribution in [2.24, 2.45) is 0 Å². The van der Waals surface area contributed by atoms with Crippen molar-refractivity contribution in [1.29, 1.82) is 0 Å². The topological polar surface area (TPSA) is 85.5 Å². The Morgan fingerprint density at radius 1 is 1.58 bits per heavy atom. The molecule has 1 saturated heterocycles. The quantitative estimate of drug-likeness (QED) is 0.500. The molecule has 0 unspecified atom stereocenters. The molecule has 1 spiro atoms. The SMILES string of the molecule is C=C1[C@@H](O)C[C@@H](c2ccncc2[N+](=O)[O-])OC12CC2. The molecule has 1 aromatic heterocycles. The molecule has 3 rings (SSSR count). The van der Waals surface area contributed by atoms with E-state index in [0.29, 0.717) is 17.6 Å². The van der Waals surface area contributed by atoms with Crippen molar-refractivity contribution in [2.75, 3.05) is 0 Å². The van der Waals surface area contributed by atoms with E-state index < -0.39 is 22.7 Å².